The summed E-state index contributed by atoms with van der Waals surface area (Å²) in [5.74, 6) is -0.215. The van der Waals surface area contributed by atoms with Crippen LogP contribution in [-0.4, -0.2) is 43.2 Å². The number of carbonyl (C=O) groups excluding carboxylic acids is 1. The minimum atomic E-state index is -0.215. The molecule has 0 bridgehead atoms. The number of benzene rings is 1. The zero-order chi connectivity index (χ0) is 14.7. The summed E-state index contributed by atoms with van der Waals surface area (Å²) in [6.07, 6.45) is 4.68. The summed E-state index contributed by atoms with van der Waals surface area (Å²) in [7, 11) is 0. The lowest BCUT2D eigenvalue weighted by atomic mass is 10.2. The molecule has 2 aliphatic rings. The van der Waals surface area contributed by atoms with Crippen LogP contribution in [-0.2, 0) is 0 Å². The molecule has 1 N–H and O–H groups in total. The van der Waals surface area contributed by atoms with E-state index < -0.39 is 0 Å². The van der Waals surface area contributed by atoms with Crippen molar-refractivity contribution < 1.29 is 9.18 Å². The number of nitrogens with zero attached hydrogens (tertiary/aromatic N) is 2. The maximum absolute atomic E-state index is 12.9. The number of hydrogen-bond donors (Lipinski definition) is 1. The fraction of sp³-hybridized carbons (Fsp3) is 0.562. The van der Waals surface area contributed by atoms with E-state index in [0.717, 1.165) is 44.7 Å². The number of piperazine rings is 1. The Bertz CT molecular complexity index is 477. The molecule has 1 aromatic carbocycles. The molecule has 5 heteroatoms. The van der Waals surface area contributed by atoms with Crippen molar-refractivity contribution in [2.45, 2.75) is 31.7 Å². The van der Waals surface area contributed by atoms with E-state index in [-0.39, 0.29) is 11.8 Å². The molecule has 0 unspecified atom stereocenters. The number of anilines is 1. The summed E-state index contributed by atoms with van der Waals surface area (Å²) in [5.41, 5.74) is 1.02. The third-order valence-corrected chi connectivity index (χ3v) is 4.44. The Labute approximate surface area is 124 Å². The van der Waals surface area contributed by atoms with Crippen LogP contribution in [0.2, 0.25) is 0 Å². The second kappa shape index (κ2) is 6.33. The fourth-order valence-electron chi connectivity index (χ4n) is 3.16. The van der Waals surface area contributed by atoms with Gasteiger partial charge >= 0.3 is 6.03 Å². The van der Waals surface area contributed by atoms with Gasteiger partial charge in [-0.15, -0.1) is 0 Å². The van der Waals surface area contributed by atoms with E-state index in [9.17, 15) is 9.18 Å². The molecule has 1 saturated heterocycles. The molecule has 0 radical (unpaired) electrons. The van der Waals surface area contributed by atoms with Gasteiger partial charge in [-0.05, 0) is 37.1 Å². The SMILES string of the molecule is O=C(NC1CCCC1)N1CCN(c2ccc(F)cc2)CC1. The zero-order valence-corrected chi connectivity index (χ0v) is 12.2. The summed E-state index contributed by atoms with van der Waals surface area (Å²) in [5, 5.41) is 3.13. The molecule has 4 nitrogen and oxygen atoms in total. The molecule has 1 saturated carbocycles. The van der Waals surface area contributed by atoms with Crippen LogP contribution in [0, 0.1) is 5.82 Å². The van der Waals surface area contributed by atoms with Crippen LogP contribution in [0.1, 0.15) is 25.7 Å². The van der Waals surface area contributed by atoms with Crippen molar-refractivity contribution in [3.05, 3.63) is 30.1 Å². The Hall–Kier alpha value is -1.78. The van der Waals surface area contributed by atoms with Gasteiger partial charge < -0.3 is 15.1 Å². The normalized spacial score (nSPS) is 19.9. The summed E-state index contributed by atoms with van der Waals surface area (Å²) >= 11 is 0. The van der Waals surface area contributed by atoms with Gasteiger partial charge in [-0.25, -0.2) is 9.18 Å². The molecular formula is C16H22FN3O. The van der Waals surface area contributed by atoms with Crippen molar-refractivity contribution in [3.8, 4) is 0 Å². The lowest BCUT2D eigenvalue weighted by Crippen LogP contribution is -2.53. The average molecular weight is 291 g/mol. The lowest BCUT2D eigenvalue weighted by molar-refractivity contribution is 0.190. The van der Waals surface area contributed by atoms with Gasteiger partial charge in [-0.2, -0.15) is 0 Å². The van der Waals surface area contributed by atoms with Gasteiger partial charge in [0.2, 0.25) is 0 Å². The van der Waals surface area contributed by atoms with Crippen LogP contribution >= 0.6 is 0 Å². The summed E-state index contributed by atoms with van der Waals surface area (Å²) in [6, 6.07) is 6.99. The molecule has 0 aromatic heterocycles. The molecule has 3 rings (SSSR count). The second-order valence-electron chi connectivity index (χ2n) is 5.88. The van der Waals surface area contributed by atoms with Crippen molar-refractivity contribution in [2.75, 3.05) is 31.1 Å². The number of amides is 2. The van der Waals surface area contributed by atoms with E-state index in [1.807, 2.05) is 4.90 Å². The first kappa shape index (κ1) is 14.2. The topological polar surface area (TPSA) is 35.6 Å². The van der Waals surface area contributed by atoms with E-state index in [1.165, 1.54) is 25.0 Å². The Balaban J connectivity index is 1.50. The van der Waals surface area contributed by atoms with E-state index in [0.29, 0.717) is 6.04 Å². The van der Waals surface area contributed by atoms with Crippen LogP contribution in [0.3, 0.4) is 0 Å². The first-order chi connectivity index (χ1) is 10.2. The minimum Gasteiger partial charge on any atom is -0.368 e. The lowest BCUT2D eigenvalue weighted by Gasteiger charge is -2.36. The molecule has 1 aliphatic carbocycles. The van der Waals surface area contributed by atoms with E-state index >= 15 is 0 Å². The standard InChI is InChI=1S/C16H22FN3O/c17-13-5-7-15(8-6-13)19-9-11-20(12-10-19)16(21)18-14-3-1-2-4-14/h5-8,14H,1-4,9-12H2,(H,18,21). The predicted octanol–water partition coefficient (Wildman–Crippen LogP) is 2.60. The van der Waals surface area contributed by atoms with Gasteiger partial charge in [0.15, 0.2) is 0 Å². The number of rotatable bonds is 2. The first-order valence-corrected chi connectivity index (χ1v) is 7.78. The van der Waals surface area contributed by atoms with E-state index in [4.69, 9.17) is 0 Å². The third kappa shape index (κ3) is 3.46. The summed E-state index contributed by atoms with van der Waals surface area (Å²) in [6.45, 7) is 3.03. The Morgan fingerprint density at radius 1 is 1.05 bits per heavy atom. The molecule has 2 amide bonds. The van der Waals surface area contributed by atoms with Crippen LogP contribution in [0.15, 0.2) is 24.3 Å². The quantitative estimate of drug-likeness (QED) is 0.909. The van der Waals surface area contributed by atoms with Crippen LogP contribution in [0.4, 0.5) is 14.9 Å². The highest BCUT2D eigenvalue weighted by Crippen LogP contribution is 2.19. The number of hydrogen-bond acceptors (Lipinski definition) is 2. The number of urea groups is 1. The van der Waals surface area contributed by atoms with Gasteiger partial charge in [0, 0.05) is 37.9 Å². The number of nitrogens with one attached hydrogen (secondary N) is 1. The molecule has 1 aromatic rings. The predicted molar refractivity (Wildman–Crippen MR) is 81.0 cm³/mol. The van der Waals surface area contributed by atoms with Crippen LogP contribution < -0.4 is 10.2 Å². The minimum absolute atomic E-state index is 0.0701. The molecule has 2 fully saturated rings. The van der Waals surface area contributed by atoms with Gasteiger partial charge in [0.25, 0.3) is 0 Å². The van der Waals surface area contributed by atoms with Crippen LogP contribution in [0.5, 0.6) is 0 Å². The third-order valence-electron chi connectivity index (χ3n) is 4.44. The van der Waals surface area contributed by atoms with Crippen molar-refractivity contribution in [1.29, 1.82) is 0 Å². The molecule has 1 heterocycles. The molecule has 0 atom stereocenters. The maximum atomic E-state index is 12.9. The largest absolute Gasteiger partial charge is 0.368 e. The Morgan fingerprint density at radius 3 is 2.29 bits per heavy atom. The van der Waals surface area contributed by atoms with Crippen molar-refractivity contribution in [1.82, 2.24) is 10.2 Å². The highest BCUT2D eigenvalue weighted by molar-refractivity contribution is 5.75. The summed E-state index contributed by atoms with van der Waals surface area (Å²) < 4.78 is 12.9. The van der Waals surface area contributed by atoms with E-state index in [2.05, 4.69) is 10.2 Å². The summed E-state index contributed by atoms with van der Waals surface area (Å²) in [4.78, 5) is 16.3. The molecule has 21 heavy (non-hydrogen) atoms. The first-order valence-electron chi connectivity index (χ1n) is 7.78. The molecular weight excluding hydrogens is 269 g/mol. The maximum Gasteiger partial charge on any atom is 0.317 e. The average Bonchev–Trinajstić information content (AvgIpc) is 3.01. The van der Waals surface area contributed by atoms with Gasteiger partial charge in [-0.1, -0.05) is 12.8 Å². The Morgan fingerprint density at radius 2 is 1.67 bits per heavy atom. The molecule has 0 spiro atoms. The van der Waals surface area contributed by atoms with Crippen LogP contribution in [0.25, 0.3) is 0 Å². The monoisotopic (exact) mass is 291 g/mol. The zero-order valence-electron chi connectivity index (χ0n) is 12.2. The smallest absolute Gasteiger partial charge is 0.317 e. The Kier molecular flexibility index (Phi) is 4.27. The molecule has 1 aliphatic heterocycles. The number of halogens is 1. The van der Waals surface area contributed by atoms with Gasteiger partial charge in [0.05, 0.1) is 0 Å². The second-order valence-corrected chi connectivity index (χ2v) is 5.88. The highest BCUT2D eigenvalue weighted by Gasteiger charge is 2.24. The van der Waals surface area contributed by atoms with Gasteiger partial charge in [0.1, 0.15) is 5.82 Å². The fourth-order valence-corrected chi connectivity index (χ4v) is 3.16. The van der Waals surface area contributed by atoms with Crippen molar-refractivity contribution >= 4 is 11.7 Å². The van der Waals surface area contributed by atoms with Crippen molar-refractivity contribution in [2.24, 2.45) is 0 Å². The highest BCUT2D eigenvalue weighted by atomic mass is 19.1. The van der Waals surface area contributed by atoms with Crippen molar-refractivity contribution in [3.63, 3.8) is 0 Å². The van der Waals surface area contributed by atoms with E-state index in [1.54, 1.807) is 12.1 Å². The van der Waals surface area contributed by atoms with Gasteiger partial charge in [-0.3, -0.25) is 0 Å². The number of carbonyl (C=O) groups is 1. The molecule has 114 valence electrons.